The second-order valence-corrected chi connectivity index (χ2v) is 4.23. The maximum absolute atomic E-state index is 6.12. The van der Waals surface area contributed by atoms with Crippen LogP contribution in [0.25, 0.3) is 0 Å². The highest BCUT2D eigenvalue weighted by molar-refractivity contribution is 5.54. The first-order valence-corrected chi connectivity index (χ1v) is 5.60. The van der Waals surface area contributed by atoms with Gasteiger partial charge in [-0.25, -0.2) is 0 Å². The monoisotopic (exact) mass is 239 g/mol. The van der Waals surface area contributed by atoms with Crippen LogP contribution in [0.15, 0.2) is 12.1 Å². The Bertz CT molecular complexity index is 352. The van der Waals surface area contributed by atoms with Crippen molar-refractivity contribution in [1.82, 2.24) is 0 Å². The molecule has 0 fully saturated rings. The van der Waals surface area contributed by atoms with Crippen molar-refractivity contribution in [2.75, 3.05) is 21.3 Å². The van der Waals surface area contributed by atoms with Crippen molar-refractivity contribution in [2.45, 2.75) is 19.9 Å². The van der Waals surface area contributed by atoms with Crippen LogP contribution in [0.1, 0.15) is 25.5 Å². The fourth-order valence-corrected chi connectivity index (χ4v) is 1.68. The topological polar surface area (TPSA) is 53.7 Å². The minimum atomic E-state index is -0.0521. The van der Waals surface area contributed by atoms with Crippen LogP contribution in [0.4, 0.5) is 0 Å². The minimum absolute atomic E-state index is 0.0521. The second-order valence-electron chi connectivity index (χ2n) is 4.23. The van der Waals surface area contributed by atoms with E-state index in [1.807, 2.05) is 12.1 Å². The van der Waals surface area contributed by atoms with E-state index in [1.54, 1.807) is 21.3 Å². The van der Waals surface area contributed by atoms with E-state index in [2.05, 4.69) is 13.8 Å². The van der Waals surface area contributed by atoms with E-state index >= 15 is 0 Å². The van der Waals surface area contributed by atoms with Crippen LogP contribution in [-0.4, -0.2) is 21.3 Å². The Morgan fingerprint density at radius 3 is 1.71 bits per heavy atom. The normalized spacial score (nSPS) is 12.4. The van der Waals surface area contributed by atoms with Gasteiger partial charge in [-0.05, 0) is 23.6 Å². The molecule has 1 atom stereocenters. The van der Waals surface area contributed by atoms with Crippen molar-refractivity contribution in [3.8, 4) is 17.2 Å². The van der Waals surface area contributed by atoms with Crippen molar-refractivity contribution < 1.29 is 14.2 Å². The van der Waals surface area contributed by atoms with Gasteiger partial charge in [0.05, 0.1) is 21.3 Å². The molecule has 96 valence electrons. The van der Waals surface area contributed by atoms with Crippen LogP contribution < -0.4 is 19.9 Å². The first-order valence-electron chi connectivity index (χ1n) is 5.60. The molecule has 1 aromatic carbocycles. The summed E-state index contributed by atoms with van der Waals surface area (Å²) in [7, 11) is 4.78. The zero-order valence-electron chi connectivity index (χ0n) is 11.1. The van der Waals surface area contributed by atoms with E-state index in [1.165, 1.54) is 0 Å². The van der Waals surface area contributed by atoms with Gasteiger partial charge in [-0.15, -0.1) is 0 Å². The van der Waals surface area contributed by atoms with Gasteiger partial charge in [-0.2, -0.15) is 0 Å². The molecule has 0 aliphatic rings. The molecule has 1 unspecified atom stereocenters. The molecule has 0 heterocycles. The van der Waals surface area contributed by atoms with Gasteiger partial charge in [0.2, 0.25) is 5.75 Å². The zero-order chi connectivity index (χ0) is 13.0. The standard InChI is InChI=1S/C13H21NO3/c1-8(2)12(14)9-6-10(15-3)13(17-5)11(7-9)16-4/h6-8,12H,14H2,1-5H3. The molecule has 0 bridgehead atoms. The molecule has 0 saturated heterocycles. The van der Waals surface area contributed by atoms with Crippen molar-refractivity contribution in [2.24, 2.45) is 11.7 Å². The van der Waals surface area contributed by atoms with E-state index in [9.17, 15) is 0 Å². The summed E-state index contributed by atoms with van der Waals surface area (Å²) >= 11 is 0. The van der Waals surface area contributed by atoms with Crippen LogP contribution in [0, 0.1) is 5.92 Å². The van der Waals surface area contributed by atoms with E-state index in [4.69, 9.17) is 19.9 Å². The Balaban J connectivity index is 3.27. The molecule has 1 aromatic rings. The van der Waals surface area contributed by atoms with E-state index in [-0.39, 0.29) is 6.04 Å². The molecule has 17 heavy (non-hydrogen) atoms. The van der Waals surface area contributed by atoms with Crippen LogP contribution in [-0.2, 0) is 0 Å². The maximum Gasteiger partial charge on any atom is 0.203 e. The molecule has 4 heteroatoms. The Labute approximate surface area is 103 Å². The van der Waals surface area contributed by atoms with Gasteiger partial charge < -0.3 is 19.9 Å². The lowest BCUT2D eigenvalue weighted by molar-refractivity contribution is 0.322. The highest BCUT2D eigenvalue weighted by Gasteiger charge is 2.18. The molecule has 1 rings (SSSR count). The molecular formula is C13H21NO3. The fraction of sp³-hybridized carbons (Fsp3) is 0.538. The Morgan fingerprint density at radius 1 is 0.941 bits per heavy atom. The zero-order valence-corrected chi connectivity index (χ0v) is 11.1. The predicted octanol–water partition coefficient (Wildman–Crippen LogP) is 2.37. The molecule has 2 N–H and O–H groups in total. The van der Waals surface area contributed by atoms with Crippen molar-refractivity contribution in [3.05, 3.63) is 17.7 Å². The summed E-state index contributed by atoms with van der Waals surface area (Å²) in [5, 5.41) is 0. The summed E-state index contributed by atoms with van der Waals surface area (Å²) in [5.74, 6) is 2.21. The molecule has 4 nitrogen and oxygen atoms in total. The summed E-state index contributed by atoms with van der Waals surface area (Å²) in [5.41, 5.74) is 7.11. The number of methoxy groups -OCH3 is 3. The third-order valence-corrected chi connectivity index (χ3v) is 2.79. The molecule has 0 radical (unpaired) electrons. The summed E-state index contributed by atoms with van der Waals surface area (Å²) in [6.07, 6.45) is 0. The molecule has 0 aliphatic carbocycles. The van der Waals surface area contributed by atoms with Crippen LogP contribution in [0.5, 0.6) is 17.2 Å². The minimum Gasteiger partial charge on any atom is -0.493 e. The van der Waals surface area contributed by atoms with Crippen molar-refractivity contribution >= 4 is 0 Å². The molecular weight excluding hydrogens is 218 g/mol. The number of rotatable bonds is 5. The van der Waals surface area contributed by atoms with Crippen molar-refractivity contribution in [3.63, 3.8) is 0 Å². The average molecular weight is 239 g/mol. The molecule has 0 saturated carbocycles. The number of ether oxygens (including phenoxy) is 3. The van der Waals surface area contributed by atoms with Gasteiger partial charge in [0.1, 0.15) is 0 Å². The largest absolute Gasteiger partial charge is 0.493 e. The van der Waals surface area contributed by atoms with Crippen LogP contribution in [0.2, 0.25) is 0 Å². The average Bonchev–Trinajstić information content (AvgIpc) is 2.35. The molecule has 0 aliphatic heterocycles. The number of hydrogen-bond donors (Lipinski definition) is 1. The highest BCUT2D eigenvalue weighted by Crippen LogP contribution is 2.40. The lowest BCUT2D eigenvalue weighted by Gasteiger charge is -2.19. The lowest BCUT2D eigenvalue weighted by Crippen LogP contribution is -2.17. The Morgan fingerprint density at radius 2 is 1.41 bits per heavy atom. The van der Waals surface area contributed by atoms with Crippen LogP contribution in [0.3, 0.4) is 0 Å². The highest BCUT2D eigenvalue weighted by atomic mass is 16.5. The van der Waals surface area contributed by atoms with Gasteiger partial charge in [-0.1, -0.05) is 13.8 Å². The summed E-state index contributed by atoms with van der Waals surface area (Å²) in [4.78, 5) is 0. The number of hydrogen-bond acceptors (Lipinski definition) is 4. The van der Waals surface area contributed by atoms with Gasteiger partial charge in [0, 0.05) is 6.04 Å². The van der Waals surface area contributed by atoms with E-state index in [0.717, 1.165) is 5.56 Å². The molecule has 0 aromatic heterocycles. The third-order valence-electron chi connectivity index (χ3n) is 2.79. The lowest BCUT2D eigenvalue weighted by atomic mass is 9.96. The number of nitrogens with two attached hydrogens (primary N) is 1. The summed E-state index contributed by atoms with van der Waals surface area (Å²) in [6.45, 7) is 4.15. The maximum atomic E-state index is 6.12. The predicted molar refractivity (Wildman–Crippen MR) is 67.9 cm³/mol. The van der Waals surface area contributed by atoms with Gasteiger partial charge in [-0.3, -0.25) is 0 Å². The van der Waals surface area contributed by atoms with Gasteiger partial charge in [0.15, 0.2) is 11.5 Å². The molecule has 0 spiro atoms. The smallest absolute Gasteiger partial charge is 0.203 e. The van der Waals surface area contributed by atoms with E-state index < -0.39 is 0 Å². The summed E-state index contributed by atoms with van der Waals surface area (Å²) < 4.78 is 15.8. The third kappa shape index (κ3) is 2.82. The van der Waals surface area contributed by atoms with Gasteiger partial charge >= 0.3 is 0 Å². The van der Waals surface area contributed by atoms with Crippen molar-refractivity contribution in [1.29, 1.82) is 0 Å². The van der Waals surface area contributed by atoms with Crippen LogP contribution >= 0.6 is 0 Å². The molecule has 0 amide bonds. The Hall–Kier alpha value is -1.42. The first kappa shape index (κ1) is 13.6. The summed E-state index contributed by atoms with van der Waals surface area (Å²) in [6, 6.07) is 3.74. The number of benzene rings is 1. The quantitative estimate of drug-likeness (QED) is 0.857. The van der Waals surface area contributed by atoms with E-state index in [0.29, 0.717) is 23.2 Å². The SMILES string of the molecule is COc1cc(C(N)C(C)C)cc(OC)c1OC. The second kappa shape index (κ2) is 5.77. The first-order chi connectivity index (χ1) is 8.04. The fourth-order valence-electron chi connectivity index (χ4n) is 1.68. The Kier molecular flexibility index (Phi) is 4.63. The van der Waals surface area contributed by atoms with Gasteiger partial charge in [0.25, 0.3) is 0 Å².